The molecule has 0 amide bonds. The van der Waals surface area contributed by atoms with Gasteiger partial charge in [0.1, 0.15) is 0 Å². The fraction of sp³-hybridized carbons (Fsp3) is 0.556. The van der Waals surface area contributed by atoms with Crippen molar-refractivity contribution in [3.05, 3.63) is 34.7 Å². The van der Waals surface area contributed by atoms with E-state index < -0.39 is 16.0 Å². The van der Waals surface area contributed by atoms with Gasteiger partial charge in [-0.25, -0.2) is 0 Å². The highest BCUT2D eigenvalue weighted by molar-refractivity contribution is 7.38. The maximum Gasteiger partial charge on any atom is 0.600 e. The van der Waals surface area contributed by atoms with E-state index in [1.807, 2.05) is 25.1 Å². The molecule has 0 spiro atoms. The Morgan fingerprint density at radius 1 is 1.04 bits per heavy atom. The zero-order valence-corrected chi connectivity index (χ0v) is 14.8. The normalized spacial score (nSPS) is 17.8. The Morgan fingerprint density at radius 2 is 1.70 bits per heavy atom. The molecule has 0 nitrogen and oxygen atoms in total. The average molecular weight is 363 g/mol. The summed E-state index contributed by atoms with van der Waals surface area (Å²) in [5.41, 5.74) is -3.16. The molecule has 0 bridgehead atoms. The second kappa shape index (κ2) is 7.43. The van der Waals surface area contributed by atoms with Crippen LogP contribution in [-0.2, 0) is 11.9 Å². The lowest BCUT2D eigenvalue weighted by Gasteiger charge is -2.10. The molecule has 128 valence electrons. The van der Waals surface area contributed by atoms with E-state index in [0.717, 1.165) is 55.9 Å². The van der Waals surface area contributed by atoms with Crippen LogP contribution in [-0.4, -0.2) is 0 Å². The Kier molecular flexibility index (Phi) is 6.01. The maximum absolute atomic E-state index is 13.8. The molecule has 3 rings (SSSR count). The molecule has 23 heavy (non-hydrogen) atoms. The predicted molar refractivity (Wildman–Crippen MR) is 87.5 cm³/mol. The summed E-state index contributed by atoms with van der Waals surface area (Å²) in [7, 11) is -1.71. The highest BCUT2D eigenvalue weighted by Crippen LogP contribution is 2.54. The van der Waals surface area contributed by atoms with Crippen LogP contribution in [0.25, 0.3) is 10.1 Å². The maximum atomic E-state index is 13.8. The van der Waals surface area contributed by atoms with Gasteiger partial charge < -0.3 is 12.4 Å². The van der Waals surface area contributed by atoms with Gasteiger partial charge in [0, 0.05) is 23.4 Å². The van der Waals surface area contributed by atoms with Crippen molar-refractivity contribution in [2.24, 2.45) is 0 Å². The van der Waals surface area contributed by atoms with Crippen molar-refractivity contribution in [1.29, 1.82) is 0 Å². The summed E-state index contributed by atoms with van der Waals surface area (Å²) < 4.78 is 41.8. The van der Waals surface area contributed by atoms with Crippen LogP contribution in [0, 0.1) is 0 Å². The smallest absolute Gasteiger partial charge is 0.600 e. The van der Waals surface area contributed by atoms with Gasteiger partial charge in [-0.3, -0.25) is 0 Å². The van der Waals surface area contributed by atoms with Gasteiger partial charge in [-0.1, -0.05) is 38.7 Å². The summed E-state index contributed by atoms with van der Waals surface area (Å²) in [4.78, 5) is 0.651. The third-order valence-electron chi connectivity index (χ3n) is 4.73. The summed E-state index contributed by atoms with van der Waals surface area (Å²) in [6.45, 7) is 1.99. The highest BCUT2D eigenvalue weighted by Gasteiger charge is 2.49. The zero-order valence-electron chi connectivity index (χ0n) is 13.3. The quantitative estimate of drug-likeness (QED) is 0.558. The van der Waals surface area contributed by atoms with Crippen LogP contribution in [0.3, 0.4) is 0 Å². The van der Waals surface area contributed by atoms with Gasteiger partial charge in [0.25, 0.3) is 0 Å². The molecule has 0 radical (unpaired) electrons. The van der Waals surface area contributed by atoms with E-state index in [4.69, 9.17) is 0 Å². The number of aryl methyl sites for hydroxylation is 1. The van der Waals surface area contributed by atoms with E-state index in [9.17, 15) is 13.2 Å². The Bertz CT molecular complexity index is 652. The molecular weight excluding hydrogens is 341 g/mol. The first kappa shape index (κ1) is 18.6. The molecular formula is C18H22ClF3S. The molecule has 5 heteroatoms. The molecule has 0 saturated heterocycles. The number of thiophene rings is 1. The van der Waals surface area contributed by atoms with Crippen molar-refractivity contribution >= 4 is 20.6 Å². The molecule has 1 aliphatic rings. The lowest BCUT2D eigenvalue weighted by atomic mass is 9.98. The van der Waals surface area contributed by atoms with Crippen molar-refractivity contribution in [2.45, 2.75) is 63.3 Å². The monoisotopic (exact) mass is 362 g/mol. The molecule has 2 aromatic rings. The first-order chi connectivity index (χ1) is 10.5. The molecule has 1 aromatic carbocycles. The minimum Gasteiger partial charge on any atom is -1.00 e. The standard InChI is InChI=1S/C18H22F3S.ClH/c1-2-13-9-10-15-12-17(14-7-5-3-4-6-8-14)22(16(15)11-13)18(19,20)21;/h9-12,14H,2-8H2,1H3;1H/q+1;/p-1. The summed E-state index contributed by atoms with van der Waals surface area (Å²) in [6.07, 6.45) is 7.06. The van der Waals surface area contributed by atoms with E-state index in [1.165, 1.54) is 0 Å². The fourth-order valence-corrected chi connectivity index (χ4v) is 5.76. The van der Waals surface area contributed by atoms with Crippen LogP contribution in [0.15, 0.2) is 24.3 Å². The van der Waals surface area contributed by atoms with Crippen molar-refractivity contribution in [1.82, 2.24) is 0 Å². The second-order valence-electron chi connectivity index (χ2n) is 6.21. The summed E-state index contributed by atoms with van der Waals surface area (Å²) >= 11 is 0. The summed E-state index contributed by atoms with van der Waals surface area (Å²) in [5.74, 6) is 0.116. The SMILES string of the molecule is CCc1ccc2cc(C3CCCCCC3)[s+](C(F)(F)F)c2c1.[Cl-]. The van der Waals surface area contributed by atoms with E-state index in [2.05, 4.69) is 0 Å². The third kappa shape index (κ3) is 3.85. The number of rotatable bonds is 2. The number of halogens is 4. The first-order valence-electron chi connectivity index (χ1n) is 8.16. The topological polar surface area (TPSA) is 0 Å². The first-order valence-corrected chi connectivity index (χ1v) is 9.39. The molecule has 1 aromatic heterocycles. The highest BCUT2D eigenvalue weighted by atomic mass is 35.5. The fourth-order valence-electron chi connectivity index (χ4n) is 3.54. The molecule has 1 saturated carbocycles. The van der Waals surface area contributed by atoms with Gasteiger partial charge in [-0.15, -0.1) is 13.2 Å². The summed E-state index contributed by atoms with van der Waals surface area (Å²) in [5, 5.41) is 0.789. The number of benzene rings is 1. The summed E-state index contributed by atoms with van der Waals surface area (Å²) in [6, 6.07) is 7.47. The van der Waals surface area contributed by atoms with E-state index in [1.54, 1.807) is 6.07 Å². The zero-order chi connectivity index (χ0) is 15.7. The molecule has 1 aliphatic carbocycles. The van der Waals surface area contributed by atoms with Crippen LogP contribution in [0.5, 0.6) is 0 Å². The largest absolute Gasteiger partial charge is 1.00 e. The average Bonchev–Trinajstić information content (AvgIpc) is 2.66. The van der Waals surface area contributed by atoms with E-state index in [0.29, 0.717) is 9.58 Å². The molecule has 1 fully saturated rings. The number of hydrogen-bond donors (Lipinski definition) is 0. The third-order valence-corrected chi connectivity index (χ3v) is 6.91. The molecule has 1 atom stereocenters. The lowest BCUT2D eigenvalue weighted by molar-refractivity contribution is -0.0868. The van der Waals surface area contributed by atoms with Gasteiger partial charge in [-0.2, -0.15) is 0 Å². The molecule has 0 aliphatic heterocycles. The van der Waals surface area contributed by atoms with Crippen molar-refractivity contribution in [2.75, 3.05) is 0 Å². The molecule has 1 heterocycles. The van der Waals surface area contributed by atoms with Crippen LogP contribution in [0.4, 0.5) is 13.2 Å². The van der Waals surface area contributed by atoms with Crippen molar-refractivity contribution in [3.63, 3.8) is 0 Å². The van der Waals surface area contributed by atoms with Crippen molar-refractivity contribution in [3.8, 4) is 0 Å². The Morgan fingerprint density at radius 3 is 2.26 bits per heavy atom. The van der Waals surface area contributed by atoms with Crippen LogP contribution < -0.4 is 12.4 Å². The van der Waals surface area contributed by atoms with Gasteiger partial charge >= 0.3 is 5.51 Å². The van der Waals surface area contributed by atoms with Crippen molar-refractivity contribution < 1.29 is 25.6 Å². The number of fused-ring (bicyclic) bond motifs is 1. The van der Waals surface area contributed by atoms with Gasteiger partial charge in [0.15, 0.2) is 9.58 Å². The van der Waals surface area contributed by atoms with E-state index >= 15 is 0 Å². The Labute approximate surface area is 144 Å². The lowest BCUT2D eigenvalue weighted by Crippen LogP contribution is -3.00. The number of alkyl halides is 3. The Hall–Kier alpha value is -0.740. The van der Waals surface area contributed by atoms with Gasteiger partial charge in [-0.05, 0) is 30.9 Å². The van der Waals surface area contributed by atoms with Crippen LogP contribution in [0.2, 0.25) is 0 Å². The second-order valence-corrected chi connectivity index (χ2v) is 8.20. The van der Waals surface area contributed by atoms with Gasteiger partial charge in [0.05, 0.1) is 10.5 Å². The van der Waals surface area contributed by atoms with Crippen LogP contribution >= 0.6 is 10.5 Å². The van der Waals surface area contributed by atoms with Crippen LogP contribution in [0.1, 0.15) is 61.8 Å². The number of hydrogen-bond acceptors (Lipinski definition) is 0. The van der Waals surface area contributed by atoms with Gasteiger partial charge in [0.2, 0.25) is 0 Å². The molecule has 1 unspecified atom stereocenters. The molecule has 0 N–H and O–H groups in total. The minimum absolute atomic E-state index is 0. The Balaban J connectivity index is 0.00000192. The minimum atomic E-state index is -4.16. The van der Waals surface area contributed by atoms with E-state index in [-0.39, 0.29) is 18.3 Å². The predicted octanol–water partition coefficient (Wildman–Crippen LogP) is 4.07.